The summed E-state index contributed by atoms with van der Waals surface area (Å²) in [5.74, 6) is 0.566. The van der Waals surface area contributed by atoms with E-state index in [-0.39, 0.29) is 5.16 Å². The van der Waals surface area contributed by atoms with Gasteiger partial charge in [-0.3, -0.25) is 5.10 Å². The van der Waals surface area contributed by atoms with E-state index in [0.717, 1.165) is 19.6 Å². The van der Waals surface area contributed by atoms with E-state index < -0.39 is 10.0 Å². The van der Waals surface area contributed by atoms with Gasteiger partial charge in [0.1, 0.15) is 5.82 Å². The van der Waals surface area contributed by atoms with Crippen molar-refractivity contribution in [2.75, 3.05) is 19.6 Å². The standard InChI is InChI=1S/C8H15N5O2S/c9-16(14,15)8-10-7(11-12-8)3-6-13-4-1-2-5-13/h1-6H2,(H2,9,14,15)(H,10,11,12). The first kappa shape index (κ1) is 11.5. The van der Waals surface area contributed by atoms with Crippen LogP contribution in [0.2, 0.25) is 0 Å². The molecule has 0 saturated carbocycles. The summed E-state index contributed by atoms with van der Waals surface area (Å²) >= 11 is 0. The fraction of sp³-hybridized carbons (Fsp3) is 0.750. The van der Waals surface area contributed by atoms with Crippen molar-refractivity contribution >= 4 is 10.0 Å². The summed E-state index contributed by atoms with van der Waals surface area (Å²) < 4.78 is 21.9. The number of likely N-dealkylation sites (tertiary alicyclic amines) is 1. The molecular formula is C8H15N5O2S. The van der Waals surface area contributed by atoms with Crippen LogP contribution >= 0.6 is 0 Å². The zero-order valence-electron chi connectivity index (χ0n) is 8.89. The molecule has 0 aromatic carbocycles. The number of aromatic amines is 1. The van der Waals surface area contributed by atoms with E-state index in [1.807, 2.05) is 0 Å². The highest BCUT2D eigenvalue weighted by Gasteiger charge is 2.16. The largest absolute Gasteiger partial charge is 0.303 e. The molecule has 1 aliphatic heterocycles. The van der Waals surface area contributed by atoms with E-state index in [4.69, 9.17) is 5.14 Å². The molecule has 0 spiro atoms. The van der Waals surface area contributed by atoms with Gasteiger partial charge in [0.05, 0.1) is 0 Å². The van der Waals surface area contributed by atoms with Crippen molar-refractivity contribution in [2.45, 2.75) is 24.4 Å². The van der Waals surface area contributed by atoms with E-state index in [1.54, 1.807) is 0 Å². The Morgan fingerprint density at radius 1 is 1.38 bits per heavy atom. The molecule has 0 atom stereocenters. The Balaban J connectivity index is 1.92. The number of nitrogens with two attached hydrogens (primary N) is 1. The Morgan fingerprint density at radius 3 is 2.62 bits per heavy atom. The summed E-state index contributed by atoms with van der Waals surface area (Å²) in [4.78, 5) is 6.15. The summed E-state index contributed by atoms with van der Waals surface area (Å²) in [6.45, 7) is 3.09. The third-order valence-corrected chi connectivity index (χ3v) is 3.32. The Hall–Kier alpha value is -0.990. The van der Waals surface area contributed by atoms with Gasteiger partial charge in [-0.2, -0.15) is 0 Å². The number of aromatic nitrogens is 3. The molecule has 90 valence electrons. The van der Waals surface area contributed by atoms with Crippen molar-refractivity contribution in [2.24, 2.45) is 5.14 Å². The summed E-state index contributed by atoms with van der Waals surface area (Å²) in [6.07, 6.45) is 3.14. The van der Waals surface area contributed by atoms with Crippen LogP contribution in [0.25, 0.3) is 0 Å². The van der Waals surface area contributed by atoms with Crippen LogP contribution in [0, 0.1) is 0 Å². The number of sulfonamides is 1. The number of nitrogens with one attached hydrogen (secondary N) is 1. The van der Waals surface area contributed by atoms with Gasteiger partial charge in [0.25, 0.3) is 15.2 Å². The van der Waals surface area contributed by atoms with Gasteiger partial charge < -0.3 is 4.90 Å². The van der Waals surface area contributed by atoms with Crippen molar-refractivity contribution in [1.82, 2.24) is 20.1 Å². The third kappa shape index (κ3) is 2.77. The van der Waals surface area contributed by atoms with Crippen molar-refractivity contribution in [3.63, 3.8) is 0 Å². The minimum atomic E-state index is -3.79. The van der Waals surface area contributed by atoms with Crippen LogP contribution in [-0.4, -0.2) is 48.1 Å². The molecule has 0 bridgehead atoms. The number of hydrogen-bond acceptors (Lipinski definition) is 5. The maximum Gasteiger partial charge on any atom is 0.282 e. The molecule has 0 aliphatic carbocycles. The second-order valence-corrected chi connectivity index (χ2v) is 5.36. The first-order valence-electron chi connectivity index (χ1n) is 5.22. The number of rotatable bonds is 4. The van der Waals surface area contributed by atoms with E-state index in [2.05, 4.69) is 20.1 Å². The molecule has 0 radical (unpaired) electrons. The van der Waals surface area contributed by atoms with Crippen molar-refractivity contribution in [1.29, 1.82) is 0 Å². The lowest BCUT2D eigenvalue weighted by Crippen LogP contribution is -2.22. The predicted octanol–water partition coefficient (Wildman–Crippen LogP) is -0.910. The maximum atomic E-state index is 10.9. The average molecular weight is 245 g/mol. The third-order valence-electron chi connectivity index (χ3n) is 2.63. The molecular weight excluding hydrogens is 230 g/mol. The first-order chi connectivity index (χ1) is 7.55. The Labute approximate surface area is 94.1 Å². The highest BCUT2D eigenvalue weighted by Crippen LogP contribution is 2.08. The molecule has 0 amide bonds. The molecule has 2 heterocycles. The van der Waals surface area contributed by atoms with Crippen molar-refractivity contribution in [3.05, 3.63) is 5.82 Å². The van der Waals surface area contributed by atoms with E-state index in [9.17, 15) is 8.42 Å². The van der Waals surface area contributed by atoms with Gasteiger partial charge in [0, 0.05) is 13.0 Å². The molecule has 3 N–H and O–H groups in total. The molecule has 1 aliphatic rings. The number of H-pyrrole nitrogens is 1. The Kier molecular flexibility index (Phi) is 3.22. The van der Waals surface area contributed by atoms with Gasteiger partial charge in [0.15, 0.2) is 0 Å². The molecule has 0 unspecified atom stereocenters. The van der Waals surface area contributed by atoms with E-state index in [1.165, 1.54) is 12.8 Å². The lowest BCUT2D eigenvalue weighted by Gasteiger charge is -2.12. The Morgan fingerprint density at radius 2 is 2.06 bits per heavy atom. The first-order valence-corrected chi connectivity index (χ1v) is 6.77. The van der Waals surface area contributed by atoms with Gasteiger partial charge in [-0.25, -0.2) is 18.5 Å². The van der Waals surface area contributed by atoms with Crippen LogP contribution in [0.4, 0.5) is 0 Å². The highest BCUT2D eigenvalue weighted by atomic mass is 32.2. The van der Waals surface area contributed by atoms with Gasteiger partial charge >= 0.3 is 0 Å². The zero-order chi connectivity index (χ0) is 11.6. The van der Waals surface area contributed by atoms with Crippen molar-refractivity contribution in [3.8, 4) is 0 Å². The molecule has 1 aromatic heterocycles. The highest BCUT2D eigenvalue weighted by molar-refractivity contribution is 7.89. The SMILES string of the molecule is NS(=O)(=O)c1n[nH]c(CCN2CCCC2)n1. The fourth-order valence-corrected chi connectivity index (χ4v) is 2.20. The smallest absolute Gasteiger partial charge is 0.282 e. The second kappa shape index (κ2) is 4.48. The molecule has 1 fully saturated rings. The average Bonchev–Trinajstić information content (AvgIpc) is 2.85. The fourth-order valence-electron chi connectivity index (χ4n) is 1.79. The van der Waals surface area contributed by atoms with Gasteiger partial charge in [-0.15, -0.1) is 5.10 Å². The zero-order valence-corrected chi connectivity index (χ0v) is 9.70. The summed E-state index contributed by atoms with van der Waals surface area (Å²) in [5.41, 5.74) is 0. The molecule has 1 aromatic rings. The number of primary sulfonamides is 1. The second-order valence-electron chi connectivity index (χ2n) is 3.91. The van der Waals surface area contributed by atoms with Gasteiger partial charge in [-0.05, 0) is 25.9 Å². The summed E-state index contributed by atoms with van der Waals surface area (Å²) in [6, 6.07) is 0. The molecule has 7 nitrogen and oxygen atoms in total. The van der Waals surface area contributed by atoms with E-state index >= 15 is 0 Å². The quantitative estimate of drug-likeness (QED) is 0.714. The number of hydrogen-bond donors (Lipinski definition) is 2. The van der Waals surface area contributed by atoms with Gasteiger partial charge in [-0.1, -0.05) is 0 Å². The Bertz CT molecular complexity index is 449. The molecule has 1 saturated heterocycles. The maximum absolute atomic E-state index is 10.9. The minimum Gasteiger partial charge on any atom is -0.303 e. The van der Waals surface area contributed by atoms with Crippen LogP contribution in [-0.2, 0) is 16.4 Å². The minimum absolute atomic E-state index is 0.330. The molecule has 2 rings (SSSR count). The predicted molar refractivity (Wildman–Crippen MR) is 57.1 cm³/mol. The summed E-state index contributed by atoms with van der Waals surface area (Å²) in [5, 5.41) is 10.7. The van der Waals surface area contributed by atoms with Crippen LogP contribution in [0.1, 0.15) is 18.7 Å². The monoisotopic (exact) mass is 245 g/mol. The normalized spacial score (nSPS) is 18.1. The van der Waals surface area contributed by atoms with Crippen LogP contribution in [0.15, 0.2) is 5.16 Å². The van der Waals surface area contributed by atoms with Crippen LogP contribution in [0.3, 0.4) is 0 Å². The van der Waals surface area contributed by atoms with Crippen LogP contribution in [0.5, 0.6) is 0 Å². The lowest BCUT2D eigenvalue weighted by atomic mass is 10.4. The molecule has 16 heavy (non-hydrogen) atoms. The van der Waals surface area contributed by atoms with Gasteiger partial charge in [0.2, 0.25) is 0 Å². The lowest BCUT2D eigenvalue weighted by molar-refractivity contribution is 0.341. The van der Waals surface area contributed by atoms with E-state index in [0.29, 0.717) is 12.2 Å². The number of nitrogens with zero attached hydrogens (tertiary/aromatic N) is 3. The topological polar surface area (TPSA) is 105 Å². The van der Waals surface area contributed by atoms with Crippen molar-refractivity contribution < 1.29 is 8.42 Å². The summed E-state index contributed by atoms with van der Waals surface area (Å²) in [7, 11) is -3.79. The van der Waals surface area contributed by atoms with Crippen LogP contribution < -0.4 is 5.14 Å². The molecule has 8 heteroatoms.